The minimum Gasteiger partial charge on any atom is -0.493 e. The van der Waals surface area contributed by atoms with Crippen molar-refractivity contribution in [1.29, 1.82) is 0 Å². The molecular weight excluding hydrogens is 455 g/mol. The number of aliphatic imine (C=N–C) groups is 1. The van der Waals surface area contributed by atoms with Gasteiger partial charge >= 0.3 is 6.18 Å². The normalized spacial score (nSPS) is 18.8. The van der Waals surface area contributed by atoms with Crippen LogP contribution in [0.3, 0.4) is 0 Å². The Hall–Kier alpha value is -3.65. The van der Waals surface area contributed by atoms with Crippen molar-refractivity contribution in [3.05, 3.63) is 83.9 Å². The van der Waals surface area contributed by atoms with Gasteiger partial charge in [-0.05, 0) is 62.2 Å². The predicted molar refractivity (Wildman–Crippen MR) is 129 cm³/mol. The monoisotopic (exact) mass is 479 g/mol. The van der Waals surface area contributed by atoms with Crippen LogP contribution in [0.1, 0.15) is 30.4 Å². The molecule has 0 spiro atoms. The number of anilines is 2. The minimum absolute atomic E-state index is 0.0671. The maximum absolute atomic E-state index is 13.5. The fourth-order valence-electron chi connectivity index (χ4n) is 4.48. The van der Waals surface area contributed by atoms with E-state index in [4.69, 9.17) is 4.74 Å². The molecule has 1 amide bonds. The van der Waals surface area contributed by atoms with E-state index in [1.807, 2.05) is 12.1 Å². The highest BCUT2D eigenvalue weighted by Crippen LogP contribution is 2.38. The number of para-hydroxylation sites is 1. The lowest BCUT2D eigenvalue weighted by Crippen LogP contribution is -2.25. The van der Waals surface area contributed by atoms with E-state index in [9.17, 15) is 18.0 Å². The van der Waals surface area contributed by atoms with Crippen LogP contribution in [0.25, 0.3) is 0 Å². The van der Waals surface area contributed by atoms with E-state index in [1.165, 1.54) is 23.5 Å². The summed E-state index contributed by atoms with van der Waals surface area (Å²) in [6, 6.07) is 19.5. The van der Waals surface area contributed by atoms with Crippen LogP contribution in [-0.2, 0) is 11.0 Å². The number of amides is 1. The number of hydrogen-bond acceptors (Lipinski definition) is 4. The topological polar surface area (TPSA) is 53.9 Å². The molecule has 2 aliphatic rings. The van der Waals surface area contributed by atoms with Crippen molar-refractivity contribution in [3.63, 3.8) is 0 Å². The third-order valence-electron chi connectivity index (χ3n) is 6.19. The molecule has 0 radical (unpaired) electrons. The zero-order valence-corrected chi connectivity index (χ0v) is 18.9. The summed E-state index contributed by atoms with van der Waals surface area (Å²) in [6.45, 7) is 1.61. The third kappa shape index (κ3) is 4.93. The maximum atomic E-state index is 13.5. The van der Waals surface area contributed by atoms with Gasteiger partial charge in [0.25, 0.3) is 5.91 Å². The fraction of sp³-hybridized carbons (Fsp3) is 0.259. The van der Waals surface area contributed by atoms with E-state index in [1.54, 1.807) is 36.4 Å². The summed E-state index contributed by atoms with van der Waals surface area (Å²) < 4.78 is 45.4. The van der Waals surface area contributed by atoms with Crippen LogP contribution in [0.4, 0.5) is 30.2 Å². The molecule has 8 heteroatoms. The standard InChI is InChI=1S/C27H24F3N3O2/c28-27(29,30)18-6-3-7-20(16-18)32-25-23-11-1-2-12-24(23)33(26(25)34)21-9-4-10-22(17-21)35-15-13-19-8-5-14-31-19/h1-4,6-7,9-12,16-17,19,31H,5,8,13-15H2. The van der Waals surface area contributed by atoms with Crippen LogP contribution in [0.5, 0.6) is 5.75 Å². The Morgan fingerprint density at radius 1 is 1.03 bits per heavy atom. The van der Waals surface area contributed by atoms with Crippen LogP contribution in [0.2, 0.25) is 0 Å². The molecule has 0 saturated carbocycles. The van der Waals surface area contributed by atoms with E-state index in [2.05, 4.69) is 10.3 Å². The lowest BCUT2D eigenvalue weighted by Gasteiger charge is -2.18. The van der Waals surface area contributed by atoms with Gasteiger partial charge in [-0.15, -0.1) is 0 Å². The molecule has 3 aromatic carbocycles. The smallest absolute Gasteiger partial charge is 0.416 e. The molecule has 5 nitrogen and oxygen atoms in total. The highest BCUT2D eigenvalue weighted by atomic mass is 19.4. The van der Waals surface area contributed by atoms with Crippen LogP contribution in [0.15, 0.2) is 77.8 Å². The zero-order chi connectivity index (χ0) is 24.4. The van der Waals surface area contributed by atoms with Gasteiger partial charge in [-0.1, -0.05) is 30.3 Å². The summed E-state index contributed by atoms with van der Waals surface area (Å²) in [6.07, 6.45) is -1.25. The average Bonchev–Trinajstić information content (AvgIpc) is 3.46. The number of fused-ring (bicyclic) bond motifs is 1. The minimum atomic E-state index is -4.49. The molecule has 1 saturated heterocycles. The second-order valence-electron chi connectivity index (χ2n) is 8.59. The number of nitrogens with zero attached hydrogens (tertiary/aromatic N) is 2. The SMILES string of the molecule is O=C1C(=Nc2cccc(C(F)(F)F)c2)c2ccccc2N1c1cccc(OCCC2CCCN2)c1. The molecule has 35 heavy (non-hydrogen) atoms. The number of carbonyl (C=O) groups is 1. The van der Waals surface area contributed by atoms with Gasteiger partial charge in [-0.3, -0.25) is 9.69 Å². The van der Waals surface area contributed by atoms with Gasteiger partial charge in [0.2, 0.25) is 0 Å². The first-order valence-corrected chi connectivity index (χ1v) is 11.6. The van der Waals surface area contributed by atoms with Gasteiger partial charge < -0.3 is 10.1 Å². The van der Waals surface area contributed by atoms with Gasteiger partial charge in [-0.2, -0.15) is 13.2 Å². The number of rotatable bonds is 6. The molecule has 1 fully saturated rings. The number of halogens is 3. The molecule has 3 aromatic rings. The molecule has 1 atom stereocenters. The first-order chi connectivity index (χ1) is 16.9. The maximum Gasteiger partial charge on any atom is 0.416 e. The second kappa shape index (κ2) is 9.54. The summed E-state index contributed by atoms with van der Waals surface area (Å²) >= 11 is 0. The van der Waals surface area contributed by atoms with Crippen molar-refractivity contribution in [2.24, 2.45) is 4.99 Å². The van der Waals surface area contributed by atoms with Crippen molar-refractivity contribution in [2.75, 3.05) is 18.1 Å². The summed E-state index contributed by atoms with van der Waals surface area (Å²) in [7, 11) is 0. The Bertz CT molecular complexity index is 1270. The molecule has 2 heterocycles. The Kier molecular flexibility index (Phi) is 6.30. The van der Waals surface area contributed by atoms with Crippen molar-refractivity contribution in [2.45, 2.75) is 31.5 Å². The lowest BCUT2D eigenvalue weighted by molar-refractivity contribution is -0.137. The Balaban J connectivity index is 1.42. The molecule has 1 unspecified atom stereocenters. The first kappa shape index (κ1) is 23.1. The number of alkyl halides is 3. The molecule has 0 aliphatic carbocycles. The van der Waals surface area contributed by atoms with Crippen molar-refractivity contribution in [3.8, 4) is 5.75 Å². The molecule has 0 bridgehead atoms. The van der Waals surface area contributed by atoms with Gasteiger partial charge in [0, 0.05) is 17.7 Å². The van der Waals surface area contributed by atoms with E-state index in [0.29, 0.717) is 35.3 Å². The van der Waals surface area contributed by atoms with Crippen molar-refractivity contribution < 1.29 is 22.7 Å². The summed E-state index contributed by atoms with van der Waals surface area (Å²) in [5.74, 6) is 0.241. The summed E-state index contributed by atoms with van der Waals surface area (Å²) in [5.41, 5.74) is 1.14. The van der Waals surface area contributed by atoms with Crippen LogP contribution in [-0.4, -0.2) is 30.8 Å². The van der Waals surface area contributed by atoms with E-state index in [0.717, 1.165) is 31.5 Å². The Morgan fingerprint density at radius 3 is 2.66 bits per heavy atom. The predicted octanol–water partition coefficient (Wildman–Crippen LogP) is 6.03. The lowest BCUT2D eigenvalue weighted by atomic mass is 10.1. The van der Waals surface area contributed by atoms with Gasteiger partial charge in [0.1, 0.15) is 11.5 Å². The van der Waals surface area contributed by atoms with Gasteiger partial charge in [0.05, 0.1) is 29.2 Å². The number of nitrogens with one attached hydrogen (secondary N) is 1. The molecule has 180 valence electrons. The average molecular weight is 480 g/mol. The second-order valence-corrected chi connectivity index (χ2v) is 8.59. The fourth-order valence-corrected chi connectivity index (χ4v) is 4.48. The number of carbonyl (C=O) groups excluding carboxylic acids is 1. The highest BCUT2D eigenvalue weighted by Gasteiger charge is 2.35. The summed E-state index contributed by atoms with van der Waals surface area (Å²) in [4.78, 5) is 19.3. The number of ether oxygens (including phenoxy) is 1. The van der Waals surface area contributed by atoms with Crippen LogP contribution in [0, 0.1) is 0 Å². The van der Waals surface area contributed by atoms with Crippen molar-refractivity contribution >= 4 is 28.7 Å². The van der Waals surface area contributed by atoms with Crippen molar-refractivity contribution in [1.82, 2.24) is 5.32 Å². The third-order valence-corrected chi connectivity index (χ3v) is 6.19. The molecule has 2 aliphatic heterocycles. The quantitative estimate of drug-likeness (QED) is 0.470. The zero-order valence-electron chi connectivity index (χ0n) is 18.9. The van der Waals surface area contributed by atoms with E-state index >= 15 is 0 Å². The molecule has 5 rings (SSSR count). The number of hydrogen-bond donors (Lipinski definition) is 1. The number of benzene rings is 3. The summed E-state index contributed by atoms with van der Waals surface area (Å²) in [5, 5.41) is 3.44. The van der Waals surface area contributed by atoms with E-state index in [-0.39, 0.29) is 11.4 Å². The molecule has 1 N–H and O–H groups in total. The molecular formula is C27H24F3N3O2. The first-order valence-electron chi connectivity index (χ1n) is 11.6. The Morgan fingerprint density at radius 2 is 1.86 bits per heavy atom. The van der Waals surface area contributed by atoms with Gasteiger partial charge in [0.15, 0.2) is 0 Å². The van der Waals surface area contributed by atoms with Crippen LogP contribution >= 0.6 is 0 Å². The van der Waals surface area contributed by atoms with Crippen LogP contribution < -0.4 is 15.0 Å². The molecule has 0 aromatic heterocycles. The van der Waals surface area contributed by atoms with Gasteiger partial charge in [-0.25, -0.2) is 4.99 Å². The largest absolute Gasteiger partial charge is 0.493 e. The van der Waals surface area contributed by atoms with E-state index < -0.39 is 17.6 Å². The highest BCUT2D eigenvalue weighted by molar-refractivity contribution is 6.56. The Labute approximate surface area is 201 Å².